The highest BCUT2D eigenvalue weighted by atomic mass is 16.5. The van der Waals surface area contributed by atoms with Gasteiger partial charge in [-0.3, -0.25) is 4.79 Å². The van der Waals surface area contributed by atoms with Gasteiger partial charge in [0.25, 0.3) is 0 Å². The van der Waals surface area contributed by atoms with Crippen molar-refractivity contribution in [1.29, 1.82) is 0 Å². The molecule has 0 bridgehead atoms. The maximum Gasteiger partial charge on any atom is 0.248 e. The van der Waals surface area contributed by atoms with E-state index >= 15 is 0 Å². The molecule has 2 rings (SSSR count). The molecule has 2 aromatic carbocycles. The highest BCUT2D eigenvalue weighted by Gasteiger charge is 2.06. The normalized spacial score (nSPS) is 10.5. The first-order valence-corrected chi connectivity index (χ1v) is 7.60. The van der Waals surface area contributed by atoms with Crippen molar-refractivity contribution >= 4 is 17.7 Å². The average molecular weight is 327 g/mol. The Balaban J connectivity index is 2.08. The van der Waals surface area contributed by atoms with E-state index in [1.165, 1.54) is 6.08 Å². The number of hydrogen-bond donors (Lipinski definition) is 1. The summed E-state index contributed by atoms with van der Waals surface area (Å²) in [5.41, 5.74) is 1.47. The van der Waals surface area contributed by atoms with Gasteiger partial charge in [-0.25, -0.2) is 0 Å². The number of anilines is 1. The molecule has 5 heteroatoms. The van der Waals surface area contributed by atoms with Crippen LogP contribution in [-0.2, 0) is 4.79 Å². The van der Waals surface area contributed by atoms with Gasteiger partial charge in [0, 0.05) is 6.08 Å². The van der Waals surface area contributed by atoms with Gasteiger partial charge < -0.3 is 19.5 Å². The second-order valence-electron chi connectivity index (χ2n) is 4.87. The molecule has 0 aliphatic heterocycles. The van der Waals surface area contributed by atoms with Crippen molar-refractivity contribution in [2.24, 2.45) is 0 Å². The lowest BCUT2D eigenvalue weighted by Gasteiger charge is -2.10. The molecule has 1 amide bonds. The third-order valence-electron chi connectivity index (χ3n) is 3.28. The van der Waals surface area contributed by atoms with E-state index in [-0.39, 0.29) is 5.91 Å². The quantitative estimate of drug-likeness (QED) is 0.787. The van der Waals surface area contributed by atoms with E-state index in [2.05, 4.69) is 5.32 Å². The van der Waals surface area contributed by atoms with Gasteiger partial charge in [-0.15, -0.1) is 0 Å². The number of ether oxygens (including phenoxy) is 3. The predicted octanol–water partition coefficient (Wildman–Crippen LogP) is 3.75. The average Bonchev–Trinajstić information content (AvgIpc) is 2.61. The topological polar surface area (TPSA) is 56.8 Å². The minimum Gasteiger partial charge on any atom is -0.493 e. The Morgan fingerprint density at radius 3 is 2.50 bits per heavy atom. The van der Waals surface area contributed by atoms with Crippen LogP contribution in [0.5, 0.6) is 17.2 Å². The zero-order chi connectivity index (χ0) is 17.4. The molecule has 2 aromatic rings. The number of carbonyl (C=O) groups excluding carboxylic acids is 1. The summed E-state index contributed by atoms with van der Waals surface area (Å²) < 4.78 is 15.9. The highest BCUT2D eigenvalue weighted by Crippen LogP contribution is 2.28. The standard InChI is InChI=1S/C19H21NO4/c1-4-24-16-8-6-5-7-15(16)20-19(21)12-10-14-9-11-17(22-2)18(13-14)23-3/h5-13H,4H2,1-3H3,(H,20,21). The summed E-state index contributed by atoms with van der Waals surface area (Å²) in [6.07, 6.45) is 3.17. The van der Waals surface area contributed by atoms with Crippen molar-refractivity contribution in [3.63, 3.8) is 0 Å². The highest BCUT2D eigenvalue weighted by molar-refractivity contribution is 6.02. The Morgan fingerprint density at radius 2 is 1.79 bits per heavy atom. The van der Waals surface area contributed by atoms with Crippen LogP contribution in [0, 0.1) is 0 Å². The first kappa shape index (κ1) is 17.4. The molecule has 0 aliphatic carbocycles. The third kappa shape index (κ3) is 4.52. The van der Waals surface area contributed by atoms with E-state index in [0.29, 0.717) is 29.5 Å². The van der Waals surface area contributed by atoms with E-state index in [0.717, 1.165) is 5.56 Å². The number of amides is 1. The first-order valence-electron chi connectivity index (χ1n) is 7.60. The largest absolute Gasteiger partial charge is 0.493 e. The molecular formula is C19H21NO4. The summed E-state index contributed by atoms with van der Waals surface area (Å²) in [6, 6.07) is 12.8. The van der Waals surface area contributed by atoms with Crippen LogP contribution >= 0.6 is 0 Å². The molecule has 0 aliphatic rings. The molecule has 0 fully saturated rings. The number of benzene rings is 2. The predicted molar refractivity (Wildman–Crippen MR) is 94.8 cm³/mol. The van der Waals surface area contributed by atoms with Gasteiger partial charge >= 0.3 is 0 Å². The molecule has 0 spiro atoms. The van der Waals surface area contributed by atoms with Crippen LogP contribution in [-0.4, -0.2) is 26.7 Å². The van der Waals surface area contributed by atoms with Gasteiger partial charge in [0.15, 0.2) is 11.5 Å². The van der Waals surface area contributed by atoms with Crippen LogP contribution in [0.2, 0.25) is 0 Å². The van der Waals surface area contributed by atoms with Crippen LogP contribution in [0.4, 0.5) is 5.69 Å². The van der Waals surface area contributed by atoms with Crippen LogP contribution in [0.25, 0.3) is 6.08 Å². The van der Waals surface area contributed by atoms with Gasteiger partial charge in [0.1, 0.15) is 5.75 Å². The first-order chi connectivity index (χ1) is 11.7. The fourth-order valence-corrected chi connectivity index (χ4v) is 2.15. The number of methoxy groups -OCH3 is 2. The molecule has 126 valence electrons. The van der Waals surface area contributed by atoms with Gasteiger partial charge in [-0.05, 0) is 42.8 Å². The van der Waals surface area contributed by atoms with E-state index in [9.17, 15) is 4.79 Å². The number of rotatable bonds is 7. The van der Waals surface area contributed by atoms with Crippen molar-refractivity contribution in [2.45, 2.75) is 6.92 Å². The van der Waals surface area contributed by atoms with Gasteiger partial charge in [0.05, 0.1) is 26.5 Å². The smallest absolute Gasteiger partial charge is 0.248 e. The summed E-state index contributed by atoms with van der Waals surface area (Å²) in [5, 5.41) is 2.81. The third-order valence-corrected chi connectivity index (χ3v) is 3.28. The molecule has 0 saturated carbocycles. The van der Waals surface area contributed by atoms with E-state index in [4.69, 9.17) is 14.2 Å². The lowest BCUT2D eigenvalue weighted by atomic mass is 10.2. The van der Waals surface area contributed by atoms with Crippen molar-refractivity contribution in [2.75, 3.05) is 26.1 Å². The van der Waals surface area contributed by atoms with Gasteiger partial charge in [-0.1, -0.05) is 18.2 Å². The minimum absolute atomic E-state index is 0.239. The van der Waals surface area contributed by atoms with E-state index in [1.54, 1.807) is 38.5 Å². The van der Waals surface area contributed by atoms with Crippen LogP contribution in [0.15, 0.2) is 48.5 Å². The van der Waals surface area contributed by atoms with Crippen LogP contribution < -0.4 is 19.5 Å². The molecule has 5 nitrogen and oxygen atoms in total. The number of hydrogen-bond acceptors (Lipinski definition) is 4. The summed E-state index contributed by atoms with van der Waals surface area (Å²) >= 11 is 0. The van der Waals surface area contributed by atoms with Crippen molar-refractivity contribution in [3.8, 4) is 17.2 Å². The fourth-order valence-electron chi connectivity index (χ4n) is 2.15. The lowest BCUT2D eigenvalue weighted by Crippen LogP contribution is -2.09. The Morgan fingerprint density at radius 1 is 1.04 bits per heavy atom. The monoisotopic (exact) mass is 327 g/mol. The second-order valence-corrected chi connectivity index (χ2v) is 4.87. The minimum atomic E-state index is -0.239. The maximum absolute atomic E-state index is 12.1. The zero-order valence-corrected chi connectivity index (χ0v) is 14.0. The summed E-state index contributed by atoms with van der Waals surface area (Å²) in [5.74, 6) is 1.66. The molecule has 1 N–H and O–H groups in total. The van der Waals surface area contributed by atoms with Crippen molar-refractivity contribution < 1.29 is 19.0 Å². The summed E-state index contributed by atoms with van der Waals surface area (Å²) in [7, 11) is 3.15. The maximum atomic E-state index is 12.1. The van der Waals surface area contributed by atoms with Crippen LogP contribution in [0.3, 0.4) is 0 Å². The molecule has 0 radical (unpaired) electrons. The molecular weight excluding hydrogens is 306 g/mol. The summed E-state index contributed by atoms with van der Waals surface area (Å²) in [6.45, 7) is 2.43. The Bertz CT molecular complexity index is 725. The summed E-state index contributed by atoms with van der Waals surface area (Å²) in [4.78, 5) is 12.1. The van der Waals surface area contributed by atoms with Crippen LogP contribution in [0.1, 0.15) is 12.5 Å². The number of carbonyl (C=O) groups is 1. The zero-order valence-electron chi connectivity index (χ0n) is 14.0. The number of para-hydroxylation sites is 2. The Hall–Kier alpha value is -2.95. The molecule has 24 heavy (non-hydrogen) atoms. The molecule has 0 unspecified atom stereocenters. The Labute approximate surface area is 141 Å². The molecule has 0 heterocycles. The molecule has 0 atom stereocenters. The molecule has 0 saturated heterocycles. The van der Waals surface area contributed by atoms with E-state index < -0.39 is 0 Å². The van der Waals surface area contributed by atoms with Gasteiger partial charge in [-0.2, -0.15) is 0 Å². The van der Waals surface area contributed by atoms with Gasteiger partial charge in [0.2, 0.25) is 5.91 Å². The Kier molecular flexibility index (Phi) is 6.25. The molecule has 0 aromatic heterocycles. The number of nitrogens with one attached hydrogen (secondary N) is 1. The van der Waals surface area contributed by atoms with Crippen molar-refractivity contribution in [1.82, 2.24) is 0 Å². The fraction of sp³-hybridized carbons (Fsp3) is 0.211. The second kappa shape index (κ2) is 8.62. The SMILES string of the molecule is CCOc1ccccc1NC(=O)C=Cc1ccc(OC)c(OC)c1. The van der Waals surface area contributed by atoms with E-state index in [1.807, 2.05) is 31.2 Å². The van der Waals surface area contributed by atoms with Crippen molar-refractivity contribution in [3.05, 3.63) is 54.1 Å². The lowest BCUT2D eigenvalue weighted by molar-refractivity contribution is -0.111.